The van der Waals surface area contributed by atoms with E-state index >= 15 is 0 Å². The summed E-state index contributed by atoms with van der Waals surface area (Å²) in [5.41, 5.74) is 3.10. The van der Waals surface area contributed by atoms with Crippen molar-refractivity contribution >= 4 is 12.0 Å². The van der Waals surface area contributed by atoms with Gasteiger partial charge in [0.25, 0.3) is 0 Å². The van der Waals surface area contributed by atoms with E-state index in [0.29, 0.717) is 6.04 Å². The Morgan fingerprint density at radius 2 is 2.13 bits per heavy atom. The molecule has 1 unspecified atom stereocenters. The van der Waals surface area contributed by atoms with Crippen molar-refractivity contribution in [1.29, 1.82) is 0 Å². The van der Waals surface area contributed by atoms with E-state index in [1.165, 1.54) is 5.69 Å². The van der Waals surface area contributed by atoms with E-state index in [1.54, 1.807) is 0 Å². The fourth-order valence-corrected chi connectivity index (χ4v) is 1.66. The lowest BCUT2D eigenvalue weighted by atomic mass is 10.1. The van der Waals surface area contributed by atoms with Crippen LogP contribution in [0.15, 0.2) is 18.2 Å². The Morgan fingerprint density at radius 1 is 1.47 bits per heavy atom. The van der Waals surface area contributed by atoms with Gasteiger partial charge in [-0.2, -0.15) is 0 Å². The van der Waals surface area contributed by atoms with Crippen molar-refractivity contribution in [1.82, 2.24) is 0 Å². The first kappa shape index (κ1) is 11.8. The monoisotopic (exact) mass is 205 g/mol. The van der Waals surface area contributed by atoms with Gasteiger partial charge >= 0.3 is 0 Å². The van der Waals surface area contributed by atoms with Gasteiger partial charge in [0, 0.05) is 24.3 Å². The molecule has 1 rings (SSSR count). The van der Waals surface area contributed by atoms with E-state index in [9.17, 15) is 4.79 Å². The molecule has 82 valence electrons. The van der Waals surface area contributed by atoms with E-state index in [4.69, 9.17) is 0 Å². The third-order valence-electron chi connectivity index (χ3n) is 2.99. The lowest BCUT2D eigenvalue weighted by Crippen LogP contribution is -2.28. The summed E-state index contributed by atoms with van der Waals surface area (Å²) in [5.74, 6) is 0. The molecule has 0 aliphatic carbocycles. The smallest absolute Gasteiger partial charge is 0.150 e. The van der Waals surface area contributed by atoms with Gasteiger partial charge in [-0.25, -0.2) is 0 Å². The number of hydrogen-bond acceptors (Lipinski definition) is 2. The Balaban J connectivity index is 2.99. The zero-order valence-electron chi connectivity index (χ0n) is 9.95. The van der Waals surface area contributed by atoms with Crippen LogP contribution in [-0.4, -0.2) is 19.4 Å². The Bertz CT molecular complexity index is 346. The standard InChI is InChI=1S/C13H19NO/c1-5-11(3)14(4)13-7-6-12(9-15)8-10(13)2/h6-9,11H,5H2,1-4H3. The fraction of sp³-hybridized carbons (Fsp3) is 0.462. The highest BCUT2D eigenvalue weighted by molar-refractivity contribution is 5.76. The van der Waals surface area contributed by atoms with Crippen molar-refractivity contribution in [2.24, 2.45) is 0 Å². The summed E-state index contributed by atoms with van der Waals surface area (Å²) >= 11 is 0. The Labute approximate surface area is 91.9 Å². The van der Waals surface area contributed by atoms with Gasteiger partial charge in [-0.05, 0) is 44.0 Å². The van der Waals surface area contributed by atoms with Crippen molar-refractivity contribution in [3.8, 4) is 0 Å². The first-order valence-corrected chi connectivity index (χ1v) is 5.38. The van der Waals surface area contributed by atoms with Crippen LogP contribution >= 0.6 is 0 Å². The Hall–Kier alpha value is -1.31. The summed E-state index contributed by atoms with van der Waals surface area (Å²) in [4.78, 5) is 12.9. The van der Waals surface area contributed by atoms with Crippen LogP contribution < -0.4 is 4.90 Å². The van der Waals surface area contributed by atoms with Crippen LogP contribution in [0.4, 0.5) is 5.69 Å². The second-order valence-electron chi connectivity index (χ2n) is 4.03. The van der Waals surface area contributed by atoms with Gasteiger partial charge in [0.15, 0.2) is 0 Å². The second kappa shape index (κ2) is 4.96. The quantitative estimate of drug-likeness (QED) is 0.704. The lowest BCUT2D eigenvalue weighted by molar-refractivity contribution is 0.112. The molecule has 0 radical (unpaired) electrons. The Kier molecular flexibility index (Phi) is 3.89. The molecule has 2 heteroatoms. The van der Waals surface area contributed by atoms with Crippen molar-refractivity contribution < 1.29 is 4.79 Å². The molecule has 0 bridgehead atoms. The van der Waals surface area contributed by atoms with Crippen LogP contribution in [-0.2, 0) is 0 Å². The predicted octanol–water partition coefficient (Wildman–Crippen LogP) is 3.04. The number of benzene rings is 1. The number of anilines is 1. The van der Waals surface area contributed by atoms with Gasteiger partial charge in [0.2, 0.25) is 0 Å². The maximum atomic E-state index is 10.6. The molecule has 15 heavy (non-hydrogen) atoms. The molecule has 2 nitrogen and oxygen atoms in total. The van der Waals surface area contributed by atoms with Crippen LogP contribution in [0.2, 0.25) is 0 Å². The fourth-order valence-electron chi connectivity index (χ4n) is 1.66. The average molecular weight is 205 g/mol. The number of hydrogen-bond donors (Lipinski definition) is 0. The summed E-state index contributed by atoms with van der Waals surface area (Å²) in [6.45, 7) is 6.42. The molecule has 0 saturated carbocycles. The van der Waals surface area contributed by atoms with Crippen molar-refractivity contribution in [3.63, 3.8) is 0 Å². The number of carbonyl (C=O) groups excluding carboxylic acids is 1. The van der Waals surface area contributed by atoms with Crippen LogP contribution in [0.5, 0.6) is 0 Å². The molecule has 1 aromatic carbocycles. The first-order chi connectivity index (χ1) is 7.10. The molecule has 0 amide bonds. The van der Waals surface area contributed by atoms with Crippen LogP contribution in [0, 0.1) is 6.92 Å². The maximum Gasteiger partial charge on any atom is 0.150 e. The molecular weight excluding hydrogens is 186 g/mol. The highest BCUT2D eigenvalue weighted by atomic mass is 16.1. The number of aryl methyl sites for hydroxylation is 1. The van der Waals surface area contributed by atoms with E-state index in [-0.39, 0.29) is 0 Å². The largest absolute Gasteiger partial charge is 0.372 e. The molecule has 0 heterocycles. The average Bonchev–Trinajstić information content (AvgIpc) is 2.26. The van der Waals surface area contributed by atoms with Crippen LogP contribution in [0.3, 0.4) is 0 Å². The summed E-state index contributed by atoms with van der Waals surface area (Å²) in [6, 6.07) is 6.34. The van der Waals surface area contributed by atoms with E-state index in [1.807, 2.05) is 25.1 Å². The third kappa shape index (κ3) is 2.58. The SMILES string of the molecule is CCC(C)N(C)c1ccc(C=O)cc1C. The predicted molar refractivity (Wildman–Crippen MR) is 64.7 cm³/mol. The van der Waals surface area contributed by atoms with Crippen molar-refractivity contribution in [3.05, 3.63) is 29.3 Å². The zero-order valence-corrected chi connectivity index (χ0v) is 9.95. The third-order valence-corrected chi connectivity index (χ3v) is 2.99. The summed E-state index contributed by atoms with van der Waals surface area (Å²) in [5, 5.41) is 0. The zero-order chi connectivity index (χ0) is 11.4. The van der Waals surface area contributed by atoms with Gasteiger partial charge in [-0.15, -0.1) is 0 Å². The molecule has 0 fully saturated rings. The normalized spacial score (nSPS) is 12.3. The molecule has 0 spiro atoms. The van der Waals surface area contributed by atoms with Gasteiger partial charge < -0.3 is 4.90 Å². The summed E-state index contributed by atoms with van der Waals surface area (Å²) < 4.78 is 0. The summed E-state index contributed by atoms with van der Waals surface area (Å²) in [7, 11) is 2.09. The number of rotatable bonds is 4. The number of aldehydes is 1. The molecule has 0 saturated heterocycles. The van der Waals surface area contributed by atoms with Crippen LogP contribution in [0.1, 0.15) is 36.2 Å². The van der Waals surface area contributed by atoms with Gasteiger partial charge in [0.05, 0.1) is 0 Å². The number of nitrogens with zero attached hydrogens (tertiary/aromatic N) is 1. The highest BCUT2D eigenvalue weighted by Crippen LogP contribution is 2.22. The molecular formula is C13H19NO. The minimum absolute atomic E-state index is 0.519. The molecule has 0 aromatic heterocycles. The molecule has 0 aliphatic rings. The van der Waals surface area contributed by atoms with Crippen LogP contribution in [0.25, 0.3) is 0 Å². The highest BCUT2D eigenvalue weighted by Gasteiger charge is 2.10. The number of carbonyl (C=O) groups is 1. The second-order valence-corrected chi connectivity index (χ2v) is 4.03. The first-order valence-electron chi connectivity index (χ1n) is 5.38. The molecule has 1 atom stereocenters. The topological polar surface area (TPSA) is 20.3 Å². The minimum atomic E-state index is 0.519. The Morgan fingerprint density at radius 3 is 2.60 bits per heavy atom. The van der Waals surface area contributed by atoms with E-state index < -0.39 is 0 Å². The summed E-state index contributed by atoms with van der Waals surface area (Å²) in [6.07, 6.45) is 2.01. The maximum absolute atomic E-state index is 10.6. The molecule has 0 aliphatic heterocycles. The lowest BCUT2D eigenvalue weighted by Gasteiger charge is -2.27. The molecule has 1 aromatic rings. The van der Waals surface area contributed by atoms with E-state index in [2.05, 4.69) is 25.8 Å². The molecule has 0 N–H and O–H groups in total. The van der Waals surface area contributed by atoms with E-state index in [0.717, 1.165) is 23.8 Å². The van der Waals surface area contributed by atoms with Crippen molar-refractivity contribution in [2.45, 2.75) is 33.2 Å². The van der Waals surface area contributed by atoms with Gasteiger partial charge in [0.1, 0.15) is 6.29 Å². The van der Waals surface area contributed by atoms with Gasteiger partial charge in [-0.3, -0.25) is 4.79 Å². The van der Waals surface area contributed by atoms with Crippen molar-refractivity contribution in [2.75, 3.05) is 11.9 Å². The van der Waals surface area contributed by atoms with Gasteiger partial charge in [-0.1, -0.05) is 6.92 Å². The minimum Gasteiger partial charge on any atom is -0.372 e.